The highest BCUT2D eigenvalue weighted by molar-refractivity contribution is 7.20. The van der Waals surface area contributed by atoms with Gasteiger partial charge in [-0.2, -0.15) is 0 Å². The first-order valence-electron chi connectivity index (χ1n) is 5.07. The summed E-state index contributed by atoms with van der Waals surface area (Å²) in [5, 5.41) is 8.86. The van der Waals surface area contributed by atoms with Crippen LogP contribution in [0.4, 0.5) is 0 Å². The Bertz CT molecular complexity index is 490. The Morgan fingerprint density at radius 3 is 2.78 bits per heavy atom. The van der Waals surface area contributed by atoms with Crippen LogP contribution in [-0.2, 0) is 9.53 Å². The lowest BCUT2D eigenvalue weighted by molar-refractivity contribution is -0.154. The molecule has 1 aromatic rings. The van der Waals surface area contributed by atoms with Gasteiger partial charge in [-0.3, -0.25) is 4.79 Å². The highest BCUT2D eigenvalue weighted by Gasteiger charge is 2.30. The van der Waals surface area contributed by atoms with Gasteiger partial charge in [-0.1, -0.05) is 23.2 Å². The van der Waals surface area contributed by atoms with Crippen molar-refractivity contribution < 1.29 is 19.4 Å². The molecule has 8 heteroatoms. The van der Waals surface area contributed by atoms with Crippen molar-refractivity contribution >= 4 is 46.4 Å². The molecule has 0 radical (unpaired) electrons. The second-order valence-electron chi connectivity index (χ2n) is 3.69. The predicted octanol–water partition coefficient (Wildman–Crippen LogP) is 1.98. The molecule has 0 aliphatic carbocycles. The minimum Gasteiger partial charge on any atom is -0.479 e. The number of hydrogen-bond donors (Lipinski definition) is 1. The summed E-state index contributed by atoms with van der Waals surface area (Å²) in [6.07, 6.45) is -0.990. The van der Waals surface area contributed by atoms with Crippen LogP contribution in [-0.4, -0.2) is 47.7 Å². The molecule has 5 nitrogen and oxygen atoms in total. The molecular formula is C10H9Cl2NO4S. The van der Waals surface area contributed by atoms with E-state index in [0.717, 1.165) is 11.3 Å². The molecule has 1 fully saturated rings. The highest BCUT2D eigenvalue weighted by Crippen LogP contribution is 2.32. The van der Waals surface area contributed by atoms with Crippen LogP contribution < -0.4 is 0 Å². The van der Waals surface area contributed by atoms with Crippen LogP contribution in [0.2, 0.25) is 8.67 Å². The molecule has 1 unspecified atom stereocenters. The number of hydrogen-bond acceptors (Lipinski definition) is 4. The molecule has 1 aliphatic heterocycles. The Hall–Kier alpha value is -0.820. The number of rotatable bonds is 2. The number of amides is 1. The molecule has 18 heavy (non-hydrogen) atoms. The lowest BCUT2D eigenvalue weighted by Gasteiger charge is -2.30. The van der Waals surface area contributed by atoms with E-state index in [0.29, 0.717) is 20.8 Å². The predicted molar refractivity (Wildman–Crippen MR) is 67.6 cm³/mol. The summed E-state index contributed by atoms with van der Waals surface area (Å²) in [6.45, 7) is 0.544. The number of aliphatic carboxylic acids is 1. The Morgan fingerprint density at radius 1 is 1.50 bits per heavy atom. The standard InChI is InChI=1S/C10H9Cl2NO4S/c11-7-3-5(8(12)18-7)9(14)13-1-2-17-6(4-13)10(15)16/h3,6H,1-2,4H2,(H,15,16). The molecule has 1 N–H and O–H groups in total. The molecular weight excluding hydrogens is 301 g/mol. The van der Waals surface area contributed by atoms with Crippen molar-refractivity contribution in [3.63, 3.8) is 0 Å². The molecule has 0 spiro atoms. The Morgan fingerprint density at radius 2 is 2.22 bits per heavy atom. The molecule has 2 rings (SSSR count). The van der Waals surface area contributed by atoms with E-state index in [4.69, 9.17) is 33.0 Å². The Labute approximate surface area is 117 Å². The zero-order chi connectivity index (χ0) is 13.3. The molecule has 1 aliphatic rings. The van der Waals surface area contributed by atoms with Gasteiger partial charge in [0.05, 0.1) is 23.1 Å². The fraction of sp³-hybridized carbons (Fsp3) is 0.400. The third-order valence-corrected chi connectivity index (χ3v) is 4.00. The fourth-order valence-electron chi connectivity index (χ4n) is 1.64. The number of thiophene rings is 1. The molecule has 0 saturated carbocycles. The third-order valence-electron chi connectivity index (χ3n) is 2.52. The van der Waals surface area contributed by atoms with Gasteiger partial charge < -0.3 is 14.7 Å². The largest absolute Gasteiger partial charge is 0.479 e. The number of nitrogens with zero attached hydrogens (tertiary/aromatic N) is 1. The van der Waals surface area contributed by atoms with Crippen molar-refractivity contribution in [3.05, 3.63) is 20.3 Å². The number of carbonyl (C=O) groups is 2. The van der Waals surface area contributed by atoms with Crippen LogP contribution in [0.5, 0.6) is 0 Å². The molecule has 2 heterocycles. The van der Waals surface area contributed by atoms with E-state index in [1.54, 1.807) is 0 Å². The van der Waals surface area contributed by atoms with Gasteiger partial charge in [0.2, 0.25) is 0 Å². The zero-order valence-electron chi connectivity index (χ0n) is 9.06. The average Bonchev–Trinajstić information content (AvgIpc) is 2.67. The van der Waals surface area contributed by atoms with Crippen LogP contribution in [0, 0.1) is 0 Å². The van der Waals surface area contributed by atoms with Gasteiger partial charge in [-0.05, 0) is 6.07 Å². The third kappa shape index (κ3) is 2.77. The van der Waals surface area contributed by atoms with E-state index in [1.807, 2.05) is 0 Å². The van der Waals surface area contributed by atoms with Crippen molar-refractivity contribution in [3.8, 4) is 0 Å². The molecule has 1 atom stereocenters. The second-order valence-corrected chi connectivity index (χ2v) is 5.97. The molecule has 98 valence electrons. The maximum atomic E-state index is 12.1. The van der Waals surface area contributed by atoms with Gasteiger partial charge in [0, 0.05) is 6.54 Å². The van der Waals surface area contributed by atoms with Gasteiger partial charge in [0.1, 0.15) is 4.34 Å². The minimum atomic E-state index is -1.08. The van der Waals surface area contributed by atoms with E-state index in [9.17, 15) is 9.59 Å². The van der Waals surface area contributed by atoms with Crippen molar-refractivity contribution in [2.45, 2.75) is 6.10 Å². The minimum absolute atomic E-state index is 0.0119. The van der Waals surface area contributed by atoms with Gasteiger partial charge in [0.15, 0.2) is 6.10 Å². The van der Waals surface area contributed by atoms with Gasteiger partial charge in [0.25, 0.3) is 5.91 Å². The SMILES string of the molecule is O=C(O)C1CN(C(=O)c2cc(Cl)sc2Cl)CCO1. The lowest BCUT2D eigenvalue weighted by atomic mass is 10.2. The first-order valence-corrected chi connectivity index (χ1v) is 6.65. The Kier molecular flexibility index (Phi) is 4.11. The van der Waals surface area contributed by atoms with Gasteiger partial charge >= 0.3 is 5.97 Å². The number of carboxylic acid groups (broad SMARTS) is 1. The van der Waals surface area contributed by atoms with Crippen LogP contribution in [0.3, 0.4) is 0 Å². The maximum absolute atomic E-state index is 12.1. The Balaban J connectivity index is 2.14. The molecule has 0 bridgehead atoms. The molecule has 1 aromatic heterocycles. The summed E-state index contributed by atoms with van der Waals surface area (Å²) in [5.41, 5.74) is 0.303. The van der Waals surface area contributed by atoms with Crippen molar-refractivity contribution in [2.24, 2.45) is 0 Å². The van der Waals surface area contributed by atoms with E-state index in [1.165, 1.54) is 11.0 Å². The van der Waals surface area contributed by atoms with Crippen molar-refractivity contribution in [1.29, 1.82) is 0 Å². The highest BCUT2D eigenvalue weighted by atomic mass is 35.5. The molecule has 1 amide bonds. The number of ether oxygens (including phenoxy) is 1. The zero-order valence-corrected chi connectivity index (χ0v) is 11.4. The first-order chi connectivity index (χ1) is 8.49. The van der Waals surface area contributed by atoms with Gasteiger partial charge in [-0.25, -0.2) is 4.79 Å². The number of carbonyl (C=O) groups excluding carboxylic acids is 1. The fourth-order valence-corrected chi connectivity index (χ4v) is 3.09. The van der Waals surface area contributed by atoms with E-state index >= 15 is 0 Å². The lowest BCUT2D eigenvalue weighted by Crippen LogP contribution is -2.48. The smallest absolute Gasteiger partial charge is 0.334 e. The van der Waals surface area contributed by atoms with Crippen LogP contribution in [0.1, 0.15) is 10.4 Å². The quantitative estimate of drug-likeness (QED) is 0.907. The maximum Gasteiger partial charge on any atom is 0.334 e. The summed E-state index contributed by atoms with van der Waals surface area (Å²) < 4.78 is 5.77. The van der Waals surface area contributed by atoms with E-state index < -0.39 is 12.1 Å². The topological polar surface area (TPSA) is 66.8 Å². The van der Waals surface area contributed by atoms with Crippen LogP contribution in [0.15, 0.2) is 6.07 Å². The molecule has 1 saturated heterocycles. The summed E-state index contributed by atoms with van der Waals surface area (Å²) in [7, 11) is 0. The van der Waals surface area contributed by atoms with Gasteiger partial charge in [-0.15, -0.1) is 11.3 Å². The average molecular weight is 310 g/mol. The van der Waals surface area contributed by atoms with E-state index in [2.05, 4.69) is 0 Å². The van der Waals surface area contributed by atoms with Crippen LogP contribution >= 0.6 is 34.5 Å². The summed E-state index contributed by atoms with van der Waals surface area (Å²) in [6, 6.07) is 1.49. The summed E-state index contributed by atoms with van der Waals surface area (Å²) in [4.78, 5) is 24.4. The van der Waals surface area contributed by atoms with Crippen LogP contribution in [0.25, 0.3) is 0 Å². The van der Waals surface area contributed by atoms with E-state index in [-0.39, 0.29) is 19.1 Å². The second kappa shape index (κ2) is 5.44. The summed E-state index contributed by atoms with van der Waals surface area (Å²) >= 11 is 12.8. The first kappa shape index (κ1) is 13.6. The van der Waals surface area contributed by atoms with Crippen molar-refractivity contribution in [1.82, 2.24) is 4.90 Å². The normalized spacial score (nSPS) is 19.9. The number of halogens is 2. The van der Waals surface area contributed by atoms with Crippen molar-refractivity contribution in [2.75, 3.05) is 19.7 Å². The monoisotopic (exact) mass is 309 g/mol. The summed E-state index contributed by atoms with van der Waals surface area (Å²) in [5.74, 6) is -1.40. The molecule has 0 aromatic carbocycles. The number of morpholine rings is 1. The number of carboxylic acids is 1.